The molecule has 66 valence electrons. The van der Waals surface area contributed by atoms with Gasteiger partial charge in [0.05, 0.1) is 0 Å². The molecule has 1 heteroatoms. The molecule has 0 unspecified atom stereocenters. The monoisotopic (exact) mass is 171 g/mol. The molecule has 1 aliphatic carbocycles. The summed E-state index contributed by atoms with van der Waals surface area (Å²) < 4.78 is 0. The third-order valence-electron chi connectivity index (χ3n) is 2.28. The van der Waals surface area contributed by atoms with Crippen LogP contribution in [-0.2, 0) is 0 Å². The van der Waals surface area contributed by atoms with E-state index in [0.29, 0.717) is 0 Å². The summed E-state index contributed by atoms with van der Waals surface area (Å²) in [5.41, 5.74) is 2.52. The molecule has 0 bridgehead atoms. The van der Waals surface area contributed by atoms with Crippen molar-refractivity contribution in [3.8, 4) is 0 Å². The maximum absolute atomic E-state index is 2.23. The molecule has 0 atom stereocenters. The van der Waals surface area contributed by atoms with E-state index in [4.69, 9.17) is 0 Å². The molecule has 0 saturated heterocycles. The molecule has 0 spiro atoms. The Kier molecular flexibility index (Phi) is 2.17. The highest BCUT2D eigenvalue weighted by molar-refractivity contribution is 5.54. The van der Waals surface area contributed by atoms with E-state index < -0.39 is 0 Å². The molecule has 1 nitrogen and oxygen atoms in total. The second-order valence-electron chi connectivity index (χ2n) is 3.16. The highest BCUT2D eigenvalue weighted by atomic mass is 15.1. The number of benzene rings is 1. The lowest BCUT2D eigenvalue weighted by Gasteiger charge is -2.18. The number of hydrogen-bond acceptors (Lipinski definition) is 1. The van der Waals surface area contributed by atoms with Crippen LogP contribution >= 0.6 is 0 Å². The zero-order valence-corrected chi connectivity index (χ0v) is 7.77. The van der Waals surface area contributed by atoms with Gasteiger partial charge in [-0.2, -0.15) is 0 Å². The van der Waals surface area contributed by atoms with E-state index >= 15 is 0 Å². The first-order chi connectivity index (χ1) is 6.38. The van der Waals surface area contributed by atoms with Gasteiger partial charge in [-0.25, -0.2) is 0 Å². The molecule has 0 radical (unpaired) electrons. The van der Waals surface area contributed by atoms with E-state index in [-0.39, 0.29) is 0 Å². The Morgan fingerprint density at radius 2 is 1.92 bits per heavy atom. The predicted molar refractivity (Wildman–Crippen MR) is 56.7 cm³/mol. The second kappa shape index (κ2) is 3.48. The molecule has 2 rings (SSSR count). The molecular weight excluding hydrogens is 158 g/mol. The van der Waals surface area contributed by atoms with Gasteiger partial charge in [-0.15, -0.1) is 0 Å². The summed E-state index contributed by atoms with van der Waals surface area (Å²) in [6, 6.07) is 10.4. The number of nitrogens with zero attached hydrogens (tertiary/aromatic N) is 1. The summed E-state index contributed by atoms with van der Waals surface area (Å²) in [5, 5.41) is 0. The maximum atomic E-state index is 2.23. The molecule has 13 heavy (non-hydrogen) atoms. The largest absolute Gasteiger partial charge is 0.345 e. The van der Waals surface area contributed by atoms with E-state index in [0.717, 1.165) is 6.42 Å². The Morgan fingerprint density at radius 1 is 1.15 bits per heavy atom. The highest BCUT2D eigenvalue weighted by Crippen LogP contribution is 2.20. The van der Waals surface area contributed by atoms with Crippen molar-refractivity contribution >= 4 is 5.69 Å². The smallest absolute Gasteiger partial charge is 0.0407 e. The van der Waals surface area contributed by atoms with Crippen molar-refractivity contribution in [2.24, 2.45) is 0 Å². The van der Waals surface area contributed by atoms with Gasteiger partial charge < -0.3 is 4.90 Å². The van der Waals surface area contributed by atoms with Crippen molar-refractivity contribution in [2.45, 2.75) is 6.42 Å². The van der Waals surface area contributed by atoms with Gasteiger partial charge in [-0.3, -0.25) is 0 Å². The second-order valence-corrected chi connectivity index (χ2v) is 3.16. The molecule has 0 saturated carbocycles. The average molecular weight is 171 g/mol. The Hall–Kier alpha value is -1.50. The Balaban J connectivity index is 2.22. The van der Waals surface area contributed by atoms with E-state index in [1.165, 1.54) is 11.4 Å². The van der Waals surface area contributed by atoms with Crippen LogP contribution in [0, 0.1) is 0 Å². The third kappa shape index (κ3) is 1.64. The molecule has 0 aromatic heterocycles. The van der Waals surface area contributed by atoms with E-state index in [1.54, 1.807) is 0 Å². The predicted octanol–water partition coefficient (Wildman–Crippen LogP) is 2.97. The summed E-state index contributed by atoms with van der Waals surface area (Å²) >= 11 is 0. The van der Waals surface area contributed by atoms with E-state index in [1.807, 2.05) is 6.07 Å². The first kappa shape index (κ1) is 8.11. The first-order valence-electron chi connectivity index (χ1n) is 4.53. The molecular formula is C12H13N. The van der Waals surface area contributed by atoms with Gasteiger partial charge in [0.2, 0.25) is 0 Å². The Morgan fingerprint density at radius 3 is 2.54 bits per heavy atom. The van der Waals surface area contributed by atoms with Gasteiger partial charge in [0, 0.05) is 18.4 Å². The van der Waals surface area contributed by atoms with Gasteiger partial charge in [-0.1, -0.05) is 30.4 Å². The lowest BCUT2D eigenvalue weighted by molar-refractivity contribution is 1.14. The number of para-hydroxylation sites is 1. The van der Waals surface area contributed by atoms with Crippen molar-refractivity contribution in [3.63, 3.8) is 0 Å². The summed E-state index contributed by atoms with van der Waals surface area (Å²) in [6.45, 7) is 0. The zero-order valence-electron chi connectivity index (χ0n) is 7.77. The minimum atomic E-state index is 1.06. The average Bonchev–Trinajstić information content (AvgIpc) is 2.71. The normalized spacial score (nSPS) is 14.4. The highest BCUT2D eigenvalue weighted by Gasteiger charge is 2.05. The fourth-order valence-corrected chi connectivity index (χ4v) is 1.50. The molecule has 0 amide bonds. The fourth-order valence-electron chi connectivity index (χ4n) is 1.50. The van der Waals surface area contributed by atoms with Gasteiger partial charge >= 0.3 is 0 Å². The van der Waals surface area contributed by atoms with Gasteiger partial charge in [0.15, 0.2) is 0 Å². The molecule has 1 aliphatic rings. The molecule has 0 heterocycles. The third-order valence-corrected chi connectivity index (χ3v) is 2.28. The Bertz CT molecular complexity index is 335. The van der Waals surface area contributed by atoms with Gasteiger partial charge in [0.25, 0.3) is 0 Å². The summed E-state index contributed by atoms with van der Waals surface area (Å²) in [7, 11) is 2.09. The number of anilines is 1. The van der Waals surface area contributed by atoms with Crippen molar-refractivity contribution in [1.82, 2.24) is 0 Å². The van der Waals surface area contributed by atoms with Crippen molar-refractivity contribution in [1.29, 1.82) is 0 Å². The summed E-state index contributed by atoms with van der Waals surface area (Å²) in [5.74, 6) is 0. The molecule has 0 N–H and O–H groups in total. The lowest BCUT2D eigenvalue weighted by atomic mass is 10.3. The van der Waals surface area contributed by atoms with Crippen molar-refractivity contribution < 1.29 is 0 Å². The van der Waals surface area contributed by atoms with Crippen LogP contribution in [0.3, 0.4) is 0 Å². The zero-order chi connectivity index (χ0) is 9.10. The Labute approximate surface area is 79.0 Å². The molecule has 1 aromatic rings. The van der Waals surface area contributed by atoms with Crippen LogP contribution in [0.15, 0.2) is 54.3 Å². The van der Waals surface area contributed by atoms with Crippen LogP contribution in [-0.4, -0.2) is 7.05 Å². The van der Waals surface area contributed by atoms with Crippen LogP contribution < -0.4 is 4.90 Å². The topological polar surface area (TPSA) is 3.24 Å². The van der Waals surface area contributed by atoms with Crippen LogP contribution in [0.5, 0.6) is 0 Å². The molecule has 0 fully saturated rings. The standard InChI is InChI=1S/C12H13N/c1-13(12-9-5-6-10-12)11-7-3-2-4-8-11/h2-5,7-10H,6H2,1H3. The molecule has 1 aromatic carbocycles. The molecule has 0 aliphatic heterocycles. The summed E-state index contributed by atoms with van der Waals surface area (Å²) in [4.78, 5) is 2.20. The van der Waals surface area contributed by atoms with Crippen LogP contribution in [0.2, 0.25) is 0 Å². The fraction of sp³-hybridized carbons (Fsp3) is 0.167. The van der Waals surface area contributed by atoms with Crippen LogP contribution in [0.25, 0.3) is 0 Å². The number of rotatable bonds is 2. The SMILES string of the molecule is CN(C1=CCC=C1)c1ccccc1. The van der Waals surface area contributed by atoms with Gasteiger partial charge in [-0.05, 0) is 24.6 Å². The minimum absolute atomic E-state index is 1.06. The van der Waals surface area contributed by atoms with Crippen LogP contribution in [0.4, 0.5) is 5.69 Å². The van der Waals surface area contributed by atoms with E-state index in [2.05, 4.69) is 54.4 Å². The maximum Gasteiger partial charge on any atom is 0.0407 e. The van der Waals surface area contributed by atoms with Gasteiger partial charge in [0.1, 0.15) is 0 Å². The van der Waals surface area contributed by atoms with Crippen molar-refractivity contribution in [3.05, 3.63) is 54.3 Å². The number of likely N-dealkylation sites (N-methyl/N-ethyl adjacent to an activating group) is 1. The number of hydrogen-bond donors (Lipinski definition) is 0. The quantitative estimate of drug-likeness (QED) is 0.661. The van der Waals surface area contributed by atoms with Crippen LogP contribution in [0.1, 0.15) is 6.42 Å². The lowest BCUT2D eigenvalue weighted by Crippen LogP contribution is -2.13. The van der Waals surface area contributed by atoms with Crippen molar-refractivity contribution in [2.75, 3.05) is 11.9 Å². The summed E-state index contributed by atoms with van der Waals surface area (Å²) in [6.07, 6.45) is 7.63. The minimum Gasteiger partial charge on any atom is -0.345 e. The van der Waals surface area contributed by atoms with E-state index in [9.17, 15) is 0 Å². The first-order valence-corrected chi connectivity index (χ1v) is 4.53. The number of allylic oxidation sites excluding steroid dienone is 3.